The van der Waals surface area contributed by atoms with Crippen LogP contribution in [0.3, 0.4) is 0 Å². The van der Waals surface area contributed by atoms with Gasteiger partial charge in [-0.3, -0.25) is 0 Å². The number of para-hydroxylation sites is 1. The Morgan fingerprint density at radius 2 is 1.78 bits per heavy atom. The first-order valence-corrected chi connectivity index (χ1v) is 6.72. The van der Waals surface area contributed by atoms with E-state index in [1.807, 2.05) is 36.4 Å². The lowest BCUT2D eigenvalue weighted by Crippen LogP contribution is -3.00. The van der Waals surface area contributed by atoms with Crippen LogP contribution in [0.25, 0.3) is 10.9 Å². The molecule has 0 atom stereocenters. The van der Waals surface area contributed by atoms with Gasteiger partial charge in [-0.1, -0.05) is 12.1 Å². The molecule has 0 aliphatic heterocycles. The Kier molecular flexibility index (Phi) is 5.08. The number of halogens is 1. The van der Waals surface area contributed by atoms with Gasteiger partial charge in [-0.25, -0.2) is 4.98 Å². The molecule has 0 aliphatic carbocycles. The quantitative estimate of drug-likeness (QED) is 0.699. The summed E-state index contributed by atoms with van der Waals surface area (Å²) in [6, 6.07) is 13.1. The molecule has 0 fully saturated rings. The largest absolute Gasteiger partial charge is 1.00 e. The highest BCUT2D eigenvalue weighted by Gasteiger charge is 2.09. The molecule has 1 aromatic heterocycles. The van der Waals surface area contributed by atoms with Crippen LogP contribution in [0.1, 0.15) is 0 Å². The lowest BCUT2D eigenvalue weighted by Gasteiger charge is -2.12. The fourth-order valence-corrected chi connectivity index (χ4v) is 2.18. The van der Waals surface area contributed by atoms with Gasteiger partial charge in [0, 0.05) is 11.5 Å². The summed E-state index contributed by atoms with van der Waals surface area (Å²) in [6.07, 6.45) is 0. The molecule has 3 aromatic rings. The molecule has 3 rings (SSSR count). The molecule has 0 amide bonds. The minimum atomic E-state index is 0. The van der Waals surface area contributed by atoms with Gasteiger partial charge in [-0.15, -0.1) is 0 Å². The van der Waals surface area contributed by atoms with Gasteiger partial charge in [-0.2, -0.15) is 4.98 Å². The van der Waals surface area contributed by atoms with E-state index in [0.29, 0.717) is 23.3 Å². The number of nitrogens with zero attached hydrogens (tertiary/aromatic N) is 2. The number of hydrogen-bond acceptors (Lipinski definition) is 6. The smallest absolute Gasteiger partial charge is 0.229 e. The van der Waals surface area contributed by atoms with Gasteiger partial charge in [0.1, 0.15) is 17.3 Å². The zero-order chi connectivity index (χ0) is 15.5. The second-order valence-electron chi connectivity index (χ2n) is 4.64. The lowest BCUT2D eigenvalue weighted by atomic mass is 10.2. The molecule has 0 aliphatic rings. The molecule has 3 N–H and O–H groups in total. The molecule has 0 bridgehead atoms. The summed E-state index contributed by atoms with van der Waals surface area (Å²) in [5.74, 6) is 2.19. The Labute approximate surface area is 140 Å². The fraction of sp³-hybridized carbons (Fsp3) is 0.125. The number of aromatic nitrogens is 2. The summed E-state index contributed by atoms with van der Waals surface area (Å²) in [5, 5.41) is 3.95. The molecule has 0 unspecified atom stereocenters. The number of anilines is 3. The van der Waals surface area contributed by atoms with Gasteiger partial charge in [0.05, 0.1) is 25.4 Å². The highest BCUT2D eigenvalue weighted by Crippen LogP contribution is 2.31. The van der Waals surface area contributed by atoms with Gasteiger partial charge in [0.25, 0.3) is 0 Å². The number of nitrogen functional groups attached to an aromatic ring is 1. The lowest BCUT2D eigenvalue weighted by molar-refractivity contribution is -0.00000522. The molecular weight excluding hydrogens is 316 g/mol. The maximum absolute atomic E-state index is 5.98. The van der Waals surface area contributed by atoms with Crippen molar-refractivity contribution in [3.8, 4) is 11.5 Å². The number of methoxy groups -OCH3 is 2. The zero-order valence-electron chi connectivity index (χ0n) is 12.7. The first-order valence-electron chi connectivity index (χ1n) is 6.72. The Bertz CT molecular complexity index is 826. The number of hydrogen-bond donors (Lipinski definition) is 2. The van der Waals surface area contributed by atoms with Gasteiger partial charge in [0.15, 0.2) is 0 Å². The first-order chi connectivity index (χ1) is 10.7. The van der Waals surface area contributed by atoms with Gasteiger partial charge in [-0.05, 0) is 24.3 Å². The van der Waals surface area contributed by atoms with Crippen LogP contribution in [0, 0.1) is 0 Å². The van der Waals surface area contributed by atoms with E-state index in [9.17, 15) is 0 Å². The summed E-state index contributed by atoms with van der Waals surface area (Å²) in [7, 11) is 3.20. The van der Waals surface area contributed by atoms with Crippen molar-refractivity contribution in [2.45, 2.75) is 0 Å². The van der Waals surface area contributed by atoms with E-state index in [-0.39, 0.29) is 12.4 Å². The van der Waals surface area contributed by atoms with Crippen LogP contribution in [0.15, 0.2) is 42.5 Å². The molecule has 0 saturated heterocycles. The van der Waals surface area contributed by atoms with Crippen molar-refractivity contribution in [3.05, 3.63) is 42.5 Å². The highest BCUT2D eigenvalue weighted by atomic mass is 35.5. The van der Waals surface area contributed by atoms with Crippen LogP contribution < -0.4 is 32.9 Å². The Hall–Kier alpha value is -2.73. The van der Waals surface area contributed by atoms with Crippen molar-refractivity contribution in [1.82, 2.24) is 9.97 Å². The SMILES string of the molecule is COc1ccc(Nc2nc(N)c3ccccc3n2)c(OC)c1.[Cl-]. The van der Waals surface area contributed by atoms with E-state index in [4.69, 9.17) is 15.2 Å². The van der Waals surface area contributed by atoms with E-state index < -0.39 is 0 Å². The third kappa shape index (κ3) is 3.37. The molecule has 0 radical (unpaired) electrons. The minimum absolute atomic E-state index is 0. The van der Waals surface area contributed by atoms with Crippen LogP contribution in [0.5, 0.6) is 11.5 Å². The van der Waals surface area contributed by atoms with Crippen molar-refractivity contribution < 1.29 is 21.9 Å². The average Bonchev–Trinajstić information content (AvgIpc) is 2.55. The normalized spacial score (nSPS) is 10.0. The summed E-state index contributed by atoms with van der Waals surface area (Å²) in [6.45, 7) is 0. The van der Waals surface area contributed by atoms with Gasteiger partial charge in [0.2, 0.25) is 5.95 Å². The third-order valence-electron chi connectivity index (χ3n) is 3.29. The predicted octanol–water partition coefficient (Wildman–Crippen LogP) is -0.0232. The Morgan fingerprint density at radius 1 is 1.00 bits per heavy atom. The highest BCUT2D eigenvalue weighted by molar-refractivity contribution is 5.89. The molecule has 7 heteroatoms. The second-order valence-corrected chi connectivity index (χ2v) is 4.64. The fourth-order valence-electron chi connectivity index (χ4n) is 2.18. The van der Waals surface area contributed by atoms with E-state index in [2.05, 4.69) is 15.3 Å². The summed E-state index contributed by atoms with van der Waals surface area (Å²) < 4.78 is 10.5. The molecule has 2 aromatic carbocycles. The molecule has 0 saturated carbocycles. The van der Waals surface area contributed by atoms with E-state index in [1.54, 1.807) is 20.3 Å². The van der Waals surface area contributed by atoms with Crippen molar-refractivity contribution >= 4 is 28.4 Å². The van der Waals surface area contributed by atoms with Crippen molar-refractivity contribution in [1.29, 1.82) is 0 Å². The summed E-state index contributed by atoms with van der Waals surface area (Å²) in [5.41, 5.74) is 7.50. The van der Waals surface area contributed by atoms with Crippen molar-refractivity contribution in [3.63, 3.8) is 0 Å². The average molecular weight is 332 g/mol. The van der Waals surface area contributed by atoms with E-state index in [1.165, 1.54) is 0 Å². The monoisotopic (exact) mass is 331 g/mol. The first kappa shape index (κ1) is 16.6. The number of fused-ring (bicyclic) bond motifs is 1. The Morgan fingerprint density at radius 3 is 2.52 bits per heavy atom. The number of ether oxygens (including phenoxy) is 2. The number of rotatable bonds is 4. The Balaban J connectivity index is 0.00000192. The molecule has 23 heavy (non-hydrogen) atoms. The summed E-state index contributed by atoms with van der Waals surface area (Å²) in [4.78, 5) is 8.74. The summed E-state index contributed by atoms with van der Waals surface area (Å²) >= 11 is 0. The van der Waals surface area contributed by atoms with Gasteiger partial charge >= 0.3 is 0 Å². The minimum Gasteiger partial charge on any atom is -1.00 e. The van der Waals surface area contributed by atoms with Gasteiger partial charge < -0.3 is 32.9 Å². The zero-order valence-corrected chi connectivity index (χ0v) is 13.5. The maximum atomic E-state index is 5.98. The van der Waals surface area contributed by atoms with Crippen molar-refractivity contribution in [2.24, 2.45) is 0 Å². The van der Waals surface area contributed by atoms with Crippen LogP contribution in [0.2, 0.25) is 0 Å². The molecule has 0 spiro atoms. The molecule has 120 valence electrons. The number of nitrogens with one attached hydrogen (secondary N) is 1. The predicted molar refractivity (Wildman–Crippen MR) is 86.8 cm³/mol. The molecule has 1 heterocycles. The molecule has 6 nitrogen and oxygen atoms in total. The maximum Gasteiger partial charge on any atom is 0.229 e. The third-order valence-corrected chi connectivity index (χ3v) is 3.29. The number of nitrogens with two attached hydrogens (primary N) is 1. The topological polar surface area (TPSA) is 82.3 Å². The number of benzene rings is 2. The van der Waals surface area contributed by atoms with Crippen LogP contribution in [-0.2, 0) is 0 Å². The van der Waals surface area contributed by atoms with Crippen LogP contribution in [-0.4, -0.2) is 24.2 Å². The second kappa shape index (κ2) is 7.02. The standard InChI is InChI=1S/C16H16N4O2.ClH/c1-21-10-7-8-13(14(9-10)22-2)19-16-18-12-6-4-3-5-11(12)15(17)20-16;/h3-9H,1-2H3,(H3,17,18,19,20);1H/p-1. The van der Waals surface area contributed by atoms with Crippen molar-refractivity contribution in [2.75, 3.05) is 25.3 Å². The molecular formula is C16H16ClN4O2-. The van der Waals surface area contributed by atoms with Crippen LogP contribution >= 0.6 is 0 Å². The van der Waals surface area contributed by atoms with E-state index >= 15 is 0 Å². The van der Waals surface area contributed by atoms with Crippen LogP contribution in [0.4, 0.5) is 17.5 Å². The van der Waals surface area contributed by atoms with E-state index in [0.717, 1.165) is 16.6 Å².